The number of fused-ring (bicyclic) bond motifs is 2. The molecule has 0 amide bonds. The molecular weight excluding hydrogens is 322 g/mol. The van der Waals surface area contributed by atoms with Crippen LogP contribution in [0, 0.1) is 0 Å². The summed E-state index contributed by atoms with van der Waals surface area (Å²) in [6.07, 6.45) is 1.97. The van der Waals surface area contributed by atoms with E-state index < -0.39 is 8.24 Å². The topological polar surface area (TPSA) is 12.5 Å². The van der Waals surface area contributed by atoms with E-state index in [1.807, 2.05) is 0 Å². The van der Waals surface area contributed by atoms with Crippen LogP contribution in [0.2, 0.25) is 18.1 Å². The lowest BCUT2D eigenvalue weighted by molar-refractivity contribution is 0.465. The number of anilines is 2. The van der Waals surface area contributed by atoms with Gasteiger partial charge in [0.2, 0.25) is 0 Å². The minimum Gasteiger partial charge on any atom is -0.452 e. The molecule has 1 aliphatic heterocycles. The number of rotatable bonds is 3. The molecule has 0 saturated carbocycles. The van der Waals surface area contributed by atoms with Gasteiger partial charge in [-0.3, -0.25) is 0 Å². The number of ether oxygens (including phenoxy) is 1. The van der Waals surface area contributed by atoms with Crippen molar-refractivity contribution in [3.8, 4) is 11.5 Å². The Morgan fingerprint density at radius 1 is 0.840 bits per heavy atom. The lowest BCUT2D eigenvalue weighted by Crippen LogP contribution is -2.53. The Labute approximate surface area is 153 Å². The van der Waals surface area contributed by atoms with Crippen molar-refractivity contribution in [3.63, 3.8) is 0 Å². The monoisotopic (exact) mass is 353 g/mol. The van der Waals surface area contributed by atoms with E-state index in [-0.39, 0.29) is 5.04 Å². The second-order valence-corrected chi connectivity index (χ2v) is 13.5. The van der Waals surface area contributed by atoms with Crippen LogP contribution < -0.4 is 9.30 Å². The average molecular weight is 354 g/mol. The van der Waals surface area contributed by atoms with Gasteiger partial charge in [-0.25, -0.2) is 0 Å². The fourth-order valence-electron chi connectivity index (χ4n) is 3.46. The van der Waals surface area contributed by atoms with E-state index in [1.54, 1.807) is 0 Å². The number of hydrogen-bond donors (Lipinski definition) is 0. The molecule has 2 aromatic carbocycles. The third-order valence-electron chi connectivity index (χ3n) is 5.99. The van der Waals surface area contributed by atoms with Crippen molar-refractivity contribution in [2.24, 2.45) is 0 Å². The largest absolute Gasteiger partial charge is 0.452 e. The maximum absolute atomic E-state index is 6.54. The van der Waals surface area contributed by atoms with E-state index in [2.05, 4.69) is 88.7 Å². The fourth-order valence-corrected chi connectivity index (χ4v) is 5.68. The van der Waals surface area contributed by atoms with Gasteiger partial charge in [0.05, 0.1) is 11.4 Å². The molecule has 1 heterocycles. The molecule has 3 rings (SSSR count). The summed E-state index contributed by atoms with van der Waals surface area (Å²) in [5.74, 6) is 2.12. The standard InChI is InChI=1S/C22H31NOSi/c1-8-16-12-10-14-18-20(16)24-21-17(9-2)13-11-15-19(21)23(18)25(6,7)22(3,4)5/h10-15H,8-9H2,1-7H3. The van der Waals surface area contributed by atoms with Gasteiger partial charge in [0.1, 0.15) is 0 Å². The van der Waals surface area contributed by atoms with Crippen LogP contribution in [0.15, 0.2) is 36.4 Å². The number of nitrogens with zero attached hydrogens (tertiary/aromatic N) is 1. The number of benzene rings is 2. The van der Waals surface area contributed by atoms with Gasteiger partial charge in [0.15, 0.2) is 19.7 Å². The van der Waals surface area contributed by atoms with E-state index in [9.17, 15) is 0 Å². The van der Waals surface area contributed by atoms with E-state index in [4.69, 9.17) is 4.74 Å². The minimum atomic E-state index is -1.82. The summed E-state index contributed by atoms with van der Waals surface area (Å²) >= 11 is 0. The zero-order valence-electron chi connectivity index (χ0n) is 16.7. The van der Waals surface area contributed by atoms with Crippen LogP contribution in [0.4, 0.5) is 11.4 Å². The predicted octanol–water partition coefficient (Wildman–Crippen LogP) is 7.06. The Bertz CT molecular complexity index is 736. The van der Waals surface area contributed by atoms with E-state index in [0.717, 1.165) is 24.3 Å². The molecule has 0 unspecified atom stereocenters. The maximum Gasteiger partial charge on any atom is 0.162 e. The molecule has 25 heavy (non-hydrogen) atoms. The molecule has 3 heteroatoms. The quantitative estimate of drug-likeness (QED) is 0.548. The summed E-state index contributed by atoms with van der Waals surface area (Å²) in [5, 5.41) is 0.239. The van der Waals surface area contributed by atoms with Crippen molar-refractivity contribution in [3.05, 3.63) is 47.5 Å². The van der Waals surface area contributed by atoms with Crippen LogP contribution in [0.3, 0.4) is 0 Å². The highest BCUT2D eigenvalue weighted by Gasteiger charge is 2.45. The first-order chi connectivity index (χ1) is 11.7. The molecule has 0 bridgehead atoms. The molecule has 2 nitrogen and oxygen atoms in total. The molecule has 1 aliphatic rings. The maximum atomic E-state index is 6.54. The normalized spacial score (nSPS) is 14.0. The van der Waals surface area contributed by atoms with Gasteiger partial charge in [-0.2, -0.15) is 0 Å². The second-order valence-electron chi connectivity index (χ2n) is 8.48. The Morgan fingerprint density at radius 3 is 1.64 bits per heavy atom. The van der Waals surface area contributed by atoms with Crippen molar-refractivity contribution < 1.29 is 4.74 Å². The van der Waals surface area contributed by atoms with Crippen LogP contribution in [-0.2, 0) is 12.8 Å². The molecule has 0 aliphatic carbocycles. The van der Waals surface area contributed by atoms with Gasteiger partial charge in [-0.15, -0.1) is 0 Å². The van der Waals surface area contributed by atoms with Crippen LogP contribution in [0.5, 0.6) is 11.5 Å². The minimum absolute atomic E-state index is 0.239. The molecule has 0 saturated heterocycles. The molecule has 134 valence electrons. The molecular formula is C22H31NOSi. The van der Waals surface area contributed by atoms with Crippen molar-refractivity contribution in [2.75, 3.05) is 4.57 Å². The summed E-state index contributed by atoms with van der Waals surface area (Å²) in [5.41, 5.74) is 5.06. The highest BCUT2D eigenvalue weighted by molar-refractivity contribution is 6.85. The highest BCUT2D eigenvalue weighted by atomic mass is 28.3. The molecule has 0 atom stereocenters. The van der Waals surface area contributed by atoms with Gasteiger partial charge in [-0.05, 0) is 41.1 Å². The first-order valence-electron chi connectivity index (χ1n) is 9.44. The first-order valence-corrected chi connectivity index (χ1v) is 12.4. The smallest absolute Gasteiger partial charge is 0.162 e. The van der Waals surface area contributed by atoms with Crippen LogP contribution >= 0.6 is 0 Å². The van der Waals surface area contributed by atoms with Crippen LogP contribution in [0.25, 0.3) is 0 Å². The van der Waals surface area contributed by atoms with Crippen molar-refractivity contribution in [2.45, 2.75) is 65.6 Å². The summed E-state index contributed by atoms with van der Waals surface area (Å²) < 4.78 is 9.18. The zero-order valence-corrected chi connectivity index (χ0v) is 17.7. The Hall–Kier alpha value is -1.74. The molecule has 2 aromatic rings. The SMILES string of the molecule is CCc1cccc2c1Oc1c(CC)cccc1N2[Si](C)(C)C(C)(C)C. The summed E-state index contributed by atoms with van der Waals surface area (Å²) in [7, 11) is -1.82. The molecule has 0 radical (unpaired) electrons. The molecule has 0 fully saturated rings. The van der Waals surface area contributed by atoms with Gasteiger partial charge in [-0.1, -0.05) is 72.0 Å². The number of aryl methyl sites for hydroxylation is 2. The van der Waals surface area contributed by atoms with E-state index >= 15 is 0 Å². The third kappa shape index (κ3) is 2.79. The summed E-state index contributed by atoms with van der Waals surface area (Å²) in [6.45, 7) is 16.5. The zero-order chi connectivity index (χ0) is 18.4. The van der Waals surface area contributed by atoms with Crippen molar-refractivity contribution in [1.29, 1.82) is 0 Å². The van der Waals surface area contributed by atoms with E-state index in [1.165, 1.54) is 22.5 Å². The Kier molecular flexibility index (Phi) is 4.48. The Balaban J connectivity index is 2.32. The van der Waals surface area contributed by atoms with Gasteiger partial charge < -0.3 is 9.30 Å². The van der Waals surface area contributed by atoms with Gasteiger partial charge in [0, 0.05) is 0 Å². The second kappa shape index (κ2) is 6.21. The van der Waals surface area contributed by atoms with Gasteiger partial charge >= 0.3 is 0 Å². The molecule has 0 spiro atoms. The van der Waals surface area contributed by atoms with Crippen molar-refractivity contribution >= 4 is 19.6 Å². The number of hydrogen-bond acceptors (Lipinski definition) is 2. The lowest BCUT2D eigenvalue weighted by atomic mass is 10.1. The predicted molar refractivity (Wildman–Crippen MR) is 111 cm³/mol. The van der Waals surface area contributed by atoms with Crippen LogP contribution in [0.1, 0.15) is 45.7 Å². The summed E-state index contributed by atoms with van der Waals surface area (Å²) in [4.78, 5) is 0. The summed E-state index contributed by atoms with van der Waals surface area (Å²) in [6, 6.07) is 13.2. The number of para-hydroxylation sites is 2. The first kappa shape index (κ1) is 18.1. The van der Waals surface area contributed by atoms with E-state index in [0.29, 0.717) is 0 Å². The molecule has 0 aromatic heterocycles. The average Bonchev–Trinajstić information content (AvgIpc) is 2.57. The van der Waals surface area contributed by atoms with Crippen LogP contribution in [-0.4, -0.2) is 8.24 Å². The molecule has 0 N–H and O–H groups in total. The van der Waals surface area contributed by atoms with Gasteiger partial charge in [0.25, 0.3) is 0 Å². The Morgan fingerprint density at radius 2 is 1.28 bits per heavy atom. The lowest BCUT2D eigenvalue weighted by Gasteiger charge is -2.49. The van der Waals surface area contributed by atoms with Crippen molar-refractivity contribution in [1.82, 2.24) is 0 Å². The highest BCUT2D eigenvalue weighted by Crippen LogP contribution is 2.55. The third-order valence-corrected chi connectivity index (χ3v) is 11.3. The fraction of sp³-hybridized carbons (Fsp3) is 0.455.